The van der Waals surface area contributed by atoms with Crippen LogP contribution in [-0.2, 0) is 20.7 Å². The third kappa shape index (κ3) is 4.34. The molecule has 0 atom stereocenters. The number of benzene rings is 2. The number of rotatable bonds is 6. The SMILES string of the molecule is COC(=O)C1=C(C)N(CCc2ccccc2)C(=O)/C1=C\c1cc(C)n(-c2cccc(C)c2)c1C. The van der Waals surface area contributed by atoms with Crippen LogP contribution in [0.5, 0.6) is 0 Å². The van der Waals surface area contributed by atoms with Crippen LogP contribution in [0.15, 0.2) is 77.5 Å². The first-order valence-electron chi connectivity index (χ1n) is 11.4. The number of aryl methyl sites for hydroxylation is 2. The number of nitrogens with zero attached hydrogens (tertiary/aromatic N) is 2. The topological polar surface area (TPSA) is 51.5 Å². The van der Waals surface area contributed by atoms with Crippen LogP contribution >= 0.6 is 0 Å². The summed E-state index contributed by atoms with van der Waals surface area (Å²) in [7, 11) is 1.35. The van der Waals surface area contributed by atoms with Crippen LogP contribution in [0.1, 0.15) is 35.0 Å². The predicted molar refractivity (Wildman–Crippen MR) is 135 cm³/mol. The summed E-state index contributed by atoms with van der Waals surface area (Å²) in [5, 5.41) is 0. The zero-order chi connectivity index (χ0) is 24.4. The number of aromatic nitrogens is 1. The Morgan fingerprint density at radius 3 is 2.38 bits per heavy atom. The summed E-state index contributed by atoms with van der Waals surface area (Å²) in [6.07, 6.45) is 2.53. The number of methoxy groups -OCH3 is 1. The lowest BCUT2D eigenvalue weighted by molar-refractivity contribution is -0.136. The van der Waals surface area contributed by atoms with E-state index in [1.807, 2.05) is 63.2 Å². The second-order valence-electron chi connectivity index (χ2n) is 8.70. The molecule has 5 nitrogen and oxygen atoms in total. The molecule has 5 heteroatoms. The lowest BCUT2D eigenvalue weighted by atomic mass is 10.0. The van der Waals surface area contributed by atoms with E-state index in [4.69, 9.17) is 4.74 Å². The fraction of sp³-hybridized carbons (Fsp3) is 0.241. The highest BCUT2D eigenvalue weighted by molar-refractivity contribution is 6.16. The summed E-state index contributed by atoms with van der Waals surface area (Å²) >= 11 is 0. The third-order valence-corrected chi connectivity index (χ3v) is 6.40. The minimum atomic E-state index is -0.494. The number of hydrogen-bond donors (Lipinski definition) is 0. The van der Waals surface area contributed by atoms with E-state index in [1.165, 1.54) is 12.7 Å². The van der Waals surface area contributed by atoms with Crippen molar-refractivity contribution in [3.05, 3.63) is 106 Å². The summed E-state index contributed by atoms with van der Waals surface area (Å²) in [5.74, 6) is -0.666. The highest BCUT2D eigenvalue weighted by Gasteiger charge is 2.37. The van der Waals surface area contributed by atoms with Crippen molar-refractivity contribution < 1.29 is 14.3 Å². The molecule has 0 spiro atoms. The Labute approximate surface area is 201 Å². The number of amides is 1. The predicted octanol–water partition coefficient (Wildman–Crippen LogP) is 5.32. The molecule has 0 radical (unpaired) electrons. The van der Waals surface area contributed by atoms with E-state index in [0.29, 0.717) is 29.8 Å². The van der Waals surface area contributed by atoms with Gasteiger partial charge < -0.3 is 14.2 Å². The Kier molecular flexibility index (Phi) is 6.55. The van der Waals surface area contributed by atoms with Crippen LogP contribution in [0.2, 0.25) is 0 Å². The van der Waals surface area contributed by atoms with E-state index in [1.54, 1.807) is 4.90 Å². The fourth-order valence-electron chi connectivity index (χ4n) is 4.64. The van der Waals surface area contributed by atoms with E-state index in [2.05, 4.69) is 35.8 Å². The zero-order valence-electron chi connectivity index (χ0n) is 20.4. The van der Waals surface area contributed by atoms with Crippen molar-refractivity contribution in [2.45, 2.75) is 34.1 Å². The van der Waals surface area contributed by atoms with Crippen molar-refractivity contribution >= 4 is 18.0 Å². The van der Waals surface area contributed by atoms with Crippen molar-refractivity contribution in [1.82, 2.24) is 9.47 Å². The molecule has 3 aromatic rings. The second kappa shape index (κ2) is 9.56. The van der Waals surface area contributed by atoms with Gasteiger partial charge in [0.05, 0.1) is 18.3 Å². The lowest BCUT2D eigenvalue weighted by Crippen LogP contribution is -2.27. The van der Waals surface area contributed by atoms with Crippen LogP contribution < -0.4 is 0 Å². The van der Waals surface area contributed by atoms with Gasteiger partial charge in [0.15, 0.2) is 0 Å². The van der Waals surface area contributed by atoms with Gasteiger partial charge in [-0.3, -0.25) is 4.79 Å². The molecule has 0 N–H and O–H groups in total. The Hall–Kier alpha value is -3.86. The number of esters is 1. The molecular formula is C29H30N2O3. The van der Waals surface area contributed by atoms with E-state index in [-0.39, 0.29) is 5.91 Å². The summed E-state index contributed by atoms with van der Waals surface area (Å²) < 4.78 is 7.22. The molecule has 1 amide bonds. The highest BCUT2D eigenvalue weighted by atomic mass is 16.5. The molecule has 1 aliphatic heterocycles. The van der Waals surface area contributed by atoms with Gasteiger partial charge in [0.25, 0.3) is 5.91 Å². The Morgan fingerprint density at radius 1 is 0.971 bits per heavy atom. The molecule has 34 heavy (non-hydrogen) atoms. The van der Waals surface area contributed by atoms with Crippen LogP contribution in [0.25, 0.3) is 11.8 Å². The molecule has 0 saturated heterocycles. The first-order chi connectivity index (χ1) is 16.3. The fourth-order valence-corrected chi connectivity index (χ4v) is 4.64. The highest BCUT2D eigenvalue weighted by Crippen LogP contribution is 2.33. The van der Waals surface area contributed by atoms with Crippen LogP contribution in [0, 0.1) is 20.8 Å². The van der Waals surface area contributed by atoms with Gasteiger partial charge in [0.2, 0.25) is 0 Å². The molecule has 1 aromatic heterocycles. The number of ether oxygens (including phenoxy) is 1. The molecule has 2 aromatic carbocycles. The maximum atomic E-state index is 13.5. The third-order valence-electron chi connectivity index (χ3n) is 6.40. The Morgan fingerprint density at radius 2 is 1.71 bits per heavy atom. The van der Waals surface area contributed by atoms with Crippen molar-refractivity contribution in [2.75, 3.05) is 13.7 Å². The first-order valence-corrected chi connectivity index (χ1v) is 11.4. The van der Waals surface area contributed by atoms with Gasteiger partial charge in [-0.2, -0.15) is 0 Å². The smallest absolute Gasteiger partial charge is 0.340 e. The summed E-state index contributed by atoms with van der Waals surface area (Å²) in [6.45, 7) is 8.45. The lowest BCUT2D eigenvalue weighted by Gasteiger charge is -2.17. The summed E-state index contributed by atoms with van der Waals surface area (Å²) in [6, 6.07) is 20.4. The Bertz CT molecular complexity index is 1310. The normalized spacial score (nSPS) is 14.9. The van der Waals surface area contributed by atoms with Gasteiger partial charge in [-0.25, -0.2) is 4.79 Å². The van der Waals surface area contributed by atoms with Crippen LogP contribution in [-0.4, -0.2) is 35.0 Å². The van der Waals surface area contributed by atoms with Gasteiger partial charge in [-0.15, -0.1) is 0 Å². The van der Waals surface area contributed by atoms with Crippen molar-refractivity contribution in [3.8, 4) is 5.69 Å². The van der Waals surface area contributed by atoms with Gasteiger partial charge in [0.1, 0.15) is 0 Å². The minimum absolute atomic E-state index is 0.172. The second-order valence-corrected chi connectivity index (χ2v) is 8.70. The van der Waals surface area contributed by atoms with E-state index < -0.39 is 5.97 Å². The number of hydrogen-bond acceptors (Lipinski definition) is 3. The molecule has 0 bridgehead atoms. The summed E-state index contributed by atoms with van der Waals surface area (Å²) in [5.41, 5.74) is 7.70. The van der Waals surface area contributed by atoms with E-state index >= 15 is 0 Å². The molecule has 0 unspecified atom stereocenters. The van der Waals surface area contributed by atoms with E-state index in [0.717, 1.165) is 28.2 Å². The molecule has 0 aliphatic carbocycles. The van der Waals surface area contributed by atoms with Crippen LogP contribution in [0.3, 0.4) is 0 Å². The quantitative estimate of drug-likeness (QED) is 0.374. The van der Waals surface area contributed by atoms with Gasteiger partial charge in [-0.05, 0) is 75.1 Å². The molecule has 2 heterocycles. The molecule has 174 valence electrons. The van der Waals surface area contributed by atoms with Crippen molar-refractivity contribution in [1.29, 1.82) is 0 Å². The number of carbonyl (C=O) groups excluding carboxylic acids is 2. The summed E-state index contributed by atoms with van der Waals surface area (Å²) in [4.78, 5) is 27.9. The maximum absolute atomic E-state index is 13.5. The average molecular weight is 455 g/mol. The monoisotopic (exact) mass is 454 g/mol. The first kappa shape index (κ1) is 23.3. The van der Waals surface area contributed by atoms with E-state index in [9.17, 15) is 9.59 Å². The Balaban J connectivity index is 1.73. The average Bonchev–Trinajstić information content (AvgIpc) is 3.24. The van der Waals surface area contributed by atoms with Gasteiger partial charge >= 0.3 is 5.97 Å². The van der Waals surface area contributed by atoms with Crippen molar-refractivity contribution in [2.24, 2.45) is 0 Å². The molecule has 0 fully saturated rings. The van der Waals surface area contributed by atoms with Gasteiger partial charge in [0, 0.05) is 29.3 Å². The molecular weight excluding hydrogens is 424 g/mol. The number of allylic oxidation sites excluding steroid dienone is 1. The minimum Gasteiger partial charge on any atom is -0.465 e. The van der Waals surface area contributed by atoms with Crippen molar-refractivity contribution in [3.63, 3.8) is 0 Å². The standard InChI is InChI=1S/C29H30N2O3/c1-19-10-9-13-25(16-19)31-20(2)17-24(21(31)3)18-26-27(29(33)34-5)22(4)30(28(26)32)15-14-23-11-7-6-8-12-23/h6-13,16-18H,14-15H2,1-5H3/b26-18-. The van der Waals surface area contributed by atoms with Gasteiger partial charge in [-0.1, -0.05) is 42.5 Å². The van der Waals surface area contributed by atoms with Crippen LogP contribution in [0.4, 0.5) is 0 Å². The zero-order valence-corrected chi connectivity index (χ0v) is 20.4. The number of carbonyl (C=O) groups is 2. The largest absolute Gasteiger partial charge is 0.465 e. The molecule has 4 rings (SSSR count). The molecule has 1 aliphatic rings. The maximum Gasteiger partial charge on any atom is 0.340 e. The molecule has 0 saturated carbocycles.